The molecule has 0 spiro atoms. The van der Waals surface area contributed by atoms with E-state index in [0.717, 1.165) is 5.69 Å². The molecule has 0 saturated carbocycles. The largest absolute Gasteiger partial charge is 0.318 e. The number of benzene rings is 1. The molecule has 1 aromatic carbocycles. The highest BCUT2D eigenvalue weighted by atomic mass is 32.2. The van der Waals surface area contributed by atoms with Crippen molar-refractivity contribution in [2.45, 2.75) is 18.8 Å². The van der Waals surface area contributed by atoms with Gasteiger partial charge in [0.1, 0.15) is 5.82 Å². The number of H-pyrrole nitrogens is 1. The van der Waals surface area contributed by atoms with Crippen LogP contribution in [0.1, 0.15) is 34.9 Å². The zero-order chi connectivity index (χ0) is 18.0. The van der Waals surface area contributed by atoms with Gasteiger partial charge in [-0.25, -0.2) is 17.1 Å². The van der Waals surface area contributed by atoms with Gasteiger partial charge in [-0.3, -0.25) is 9.89 Å². The fraction of sp³-hybridized carbons (Fsp3) is 0.375. The lowest BCUT2D eigenvalue weighted by Crippen LogP contribution is -2.37. The Labute approximate surface area is 145 Å². The first-order valence-corrected chi connectivity index (χ1v) is 9.76. The number of aromatic amines is 1. The SMILES string of the molecule is CS(=O)(=O)N1CCC(c2cc(C(=O)Nc3ccccc3F)n[nH]2)CC1. The van der Waals surface area contributed by atoms with E-state index in [4.69, 9.17) is 0 Å². The predicted octanol–water partition coefficient (Wildman–Crippen LogP) is 1.94. The van der Waals surface area contributed by atoms with Crippen molar-refractivity contribution in [1.29, 1.82) is 0 Å². The molecule has 134 valence electrons. The van der Waals surface area contributed by atoms with Gasteiger partial charge in [-0.05, 0) is 31.0 Å². The summed E-state index contributed by atoms with van der Waals surface area (Å²) in [7, 11) is -3.17. The molecule has 9 heteroatoms. The average molecular weight is 366 g/mol. The molecule has 2 aromatic rings. The molecule has 1 aliphatic rings. The van der Waals surface area contributed by atoms with Crippen LogP contribution in [0.2, 0.25) is 0 Å². The van der Waals surface area contributed by atoms with Crippen molar-refractivity contribution in [2.75, 3.05) is 24.7 Å². The number of aromatic nitrogens is 2. The molecule has 0 atom stereocenters. The van der Waals surface area contributed by atoms with Crippen LogP contribution >= 0.6 is 0 Å². The lowest BCUT2D eigenvalue weighted by atomic mass is 9.94. The molecule has 25 heavy (non-hydrogen) atoms. The summed E-state index contributed by atoms with van der Waals surface area (Å²) in [5.74, 6) is -0.901. The number of para-hydroxylation sites is 1. The van der Waals surface area contributed by atoms with Crippen LogP contribution < -0.4 is 5.32 Å². The molecule has 1 amide bonds. The van der Waals surface area contributed by atoms with Crippen LogP contribution in [0, 0.1) is 5.82 Å². The Morgan fingerprint density at radius 2 is 2.00 bits per heavy atom. The van der Waals surface area contributed by atoms with E-state index in [-0.39, 0.29) is 17.3 Å². The summed E-state index contributed by atoms with van der Waals surface area (Å²) < 4.78 is 38.1. The van der Waals surface area contributed by atoms with E-state index in [1.165, 1.54) is 22.7 Å². The maximum atomic E-state index is 13.6. The lowest BCUT2D eigenvalue weighted by Gasteiger charge is -2.29. The summed E-state index contributed by atoms with van der Waals surface area (Å²) in [6, 6.07) is 7.55. The minimum Gasteiger partial charge on any atom is -0.318 e. The van der Waals surface area contributed by atoms with E-state index < -0.39 is 21.7 Å². The van der Waals surface area contributed by atoms with Crippen molar-refractivity contribution < 1.29 is 17.6 Å². The number of piperidine rings is 1. The van der Waals surface area contributed by atoms with E-state index in [1.54, 1.807) is 18.2 Å². The molecule has 2 heterocycles. The molecule has 1 aromatic heterocycles. The number of hydrogen-bond acceptors (Lipinski definition) is 4. The number of sulfonamides is 1. The van der Waals surface area contributed by atoms with E-state index in [1.807, 2.05) is 0 Å². The van der Waals surface area contributed by atoms with Gasteiger partial charge in [0.2, 0.25) is 10.0 Å². The average Bonchev–Trinajstić information content (AvgIpc) is 3.06. The molecular weight excluding hydrogens is 347 g/mol. The zero-order valence-electron chi connectivity index (χ0n) is 13.7. The van der Waals surface area contributed by atoms with Gasteiger partial charge in [-0.1, -0.05) is 12.1 Å². The van der Waals surface area contributed by atoms with Gasteiger partial charge in [0.15, 0.2) is 5.69 Å². The molecule has 3 rings (SSSR count). The highest BCUT2D eigenvalue weighted by Crippen LogP contribution is 2.28. The number of nitrogens with zero attached hydrogens (tertiary/aromatic N) is 2. The van der Waals surface area contributed by atoms with Crippen molar-refractivity contribution in [3.63, 3.8) is 0 Å². The lowest BCUT2D eigenvalue weighted by molar-refractivity contribution is 0.102. The van der Waals surface area contributed by atoms with Crippen LogP contribution in [0.5, 0.6) is 0 Å². The second-order valence-corrected chi connectivity index (χ2v) is 8.06. The number of halogens is 1. The maximum absolute atomic E-state index is 13.6. The molecule has 1 saturated heterocycles. The fourth-order valence-corrected chi connectivity index (χ4v) is 3.78. The predicted molar refractivity (Wildman–Crippen MR) is 91.3 cm³/mol. The number of nitrogens with one attached hydrogen (secondary N) is 2. The van der Waals surface area contributed by atoms with Crippen LogP contribution in [0.3, 0.4) is 0 Å². The highest BCUT2D eigenvalue weighted by molar-refractivity contribution is 7.88. The van der Waals surface area contributed by atoms with Crippen molar-refractivity contribution >= 4 is 21.6 Å². The van der Waals surface area contributed by atoms with Gasteiger partial charge in [-0.15, -0.1) is 0 Å². The molecule has 0 radical (unpaired) electrons. The van der Waals surface area contributed by atoms with Gasteiger partial charge in [-0.2, -0.15) is 5.10 Å². The Bertz CT molecular complexity index is 873. The second kappa shape index (κ2) is 6.93. The minimum absolute atomic E-state index is 0.0958. The number of amides is 1. The minimum atomic E-state index is -3.17. The molecule has 0 bridgehead atoms. The summed E-state index contributed by atoms with van der Waals surface area (Å²) in [6.07, 6.45) is 2.52. The van der Waals surface area contributed by atoms with Gasteiger partial charge in [0.05, 0.1) is 11.9 Å². The Balaban J connectivity index is 1.65. The first-order chi connectivity index (χ1) is 11.8. The summed E-state index contributed by atoms with van der Waals surface area (Å²) in [5.41, 5.74) is 1.05. The first kappa shape index (κ1) is 17.6. The molecule has 1 aliphatic heterocycles. The van der Waals surface area contributed by atoms with E-state index in [2.05, 4.69) is 15.5 Å². The third kappa shape index (κ3) is 4.05. The Morgan fingerprint density at radius 3 is 2.64 bits per heavy atom. The summed E-state index contributed by atoms with van der Waals surface area (Å²) >= 11 is 0. The summed E-state index contributed by atoms with van der Waals surface area (Å²) in [6.45, 7) is 0.887. The third-order valence-electron chi connectivity index (χ3n) is 4.32. The molecule has 0 unspecified atom stereocenters. The smallest absolute Gasteiger partial charge is 0.276 e. The van der Waals surface area contributed by atoms with Crippen LogP contribution in [0.15, 0.2) is 30.3 Å². The highest BCUT2D eigenvalue weighted by Gasteiger charge is 2.27. The van der Waals surface area contributed by atoms with Crippen LogP contribution in [0.25, 0.3) is 0 Å². The van der Waals surface area contributed by atoms with Crippen LogP contribution in [-0.2, 0) is 10.0 Å². The van der Waals surface area contributed by atoms with Gasteiger partial charge >= 0.3 is 0 Å². The van der Waals surface area contributed by atoms with E-state index >= 15 is 0 Å². The number of anilines is 1. The maximum Gasteiger partial charge on any atom is 0.276 e. The molecule has 1 fully saturated rings. The monoisotopic (exact) mass is 366 g/mol. The molecular formula is C16H19FN4O3S. The summed E-state index contributed by atoms with van der Waals surface area (Å²) in [5, 5.41) is 9.32. The molecule has 7 nitrogen and oxygen atoms in total. The number of carbonyl (C=O) groups excluding carboxylic acids is 1. The zero-order valence-corrected chi connectivity index (χ0v) is 14.5. The Hall–Kier alpha value is -2.26. The standard InChI is InChI=1S/C16H19FN4O3S/c1-25(23,24)21-8-6-11(7-9-21)14-10-15(20-19-14)16(22)18-13-5-3-2-4-12(13)17/h2-5,10-11H,6-9H2,1H3,(H,18,22)(H,19,20). The molecule has 0 aliphatic carbocycles. The number of rotatable bonds is 4. The van der Waals surface area contributed by atoms with Crippen molar-refractivity contribution in [3.8, 4) is 0 Å². The van der Waals surface area contributed by atoms with Crippen molar-refractivity contribution in [2.24, 2.45) is 0 Å². The van der Waals surface area contributed by atoms with Crippen molar-refractivity contribution in [3.05, 3.63) is 47.5 Å². The fourth-order valence-electron chi connectivity index (χ4n) is 2.91. The first-order valence-electron chi connectivity index (χ1n) is 7.91. The van der Waals surface area contributed by atoms with Gasteiger partial charge in [0, 0.05) is 24.7 Å². The quantitative estimate of drug-likeness (QED) is 0.864. The van der Waals surface area contributed by atoms with Gasteiger partial charge in [0.25, 0.3) is 5.91 Å². The van der Waals surface area contributed by atoms with Gasteiger partial charge < -0.3 is 5.32 Å². The van der Waals surface area contributed by atoms with Crippen LogP contribution in [0.4, 0.5) is 10.1 Å². The number of hydrogen-bond donors (Lipinski definition) is 2. The number of carbonyl (C=O) groups is 1. The Kier molecular flexibility index (Phi) is 4.87. The third-order valence-corrected chi connectivity index (χ3v) is 5.62. The second-order valence-electron chi connectivity index (χ2n) is 6.08. The Morgan fingerprint density at radius 1 is 1.32 bits per heavy atom. The normalized spacial score (nSPS) is 16.7. The topological polar surface area (TPSA) is 95.2 Å². The molecule has 2 N–H and O–H groups in total. The van der Waals surface area contributed by atoms with Crippen LogP contribution in [-0.4, -0.2) is 48.2 Å². The summed E-state index contributed by atoms with van der Waals surface area (Å²) in [4.78, 5) is 12.2. The van der Waals surface area contributed by atoms with Crippen molar-refractivity contribution in [1.82, 2.24) is 14.5 Å². The van der Waals surface area contributed by atoms with E-state index in [0.29, 0.717) is 25.9 Å². The van der Waals surface area contributed by atoms with E-state index in [9.17, 15) is 17.6 Å².